The second-order valence-corrected chi connectivity index (χ2v) is 7.27. The number of H-pyrrole nitrogens is 1. The third-order valence-corrected chi connectivity index (χ3v) is 5.57. The number of carbonyl (C=O) groups excluding carboxylic acids is 1. The van der Waals surface area contributed by atoms with Gasteiger partial charge in [-0.25, -0.2) is 0 Å². The number of rotatable bonds is 4. The summed E-state index contributed by atoms with van der Waals surface area (Å²) in [4.78, 5) is 27.8. The fourth-order valence-electron chi connectivity index (χ4n) is 3.31. The fraction of sp³-hybridized carbons (Fsp3) is 0.250. The van der Waals surface area contributed by atoms with Gasteiger partial charge in [0.05, 0.1) is 10.9 Å². The van der Waals surface area contributed by atoms with Crippen molar-refractivity contribution in [1.82, 2.24) is 14.9 Å². The Labute approximate surface area is 155 Å². The van der Waals surface area contributed by atoms with Crippen LogP contribution in [-0.2, 0) is 12.5 Å². The third-order valence-electron chi connectivity index (χ3n) is 5.19. The van der Waals surface area contributed by atoms with E-state index in [1.54, 1.807) is 25.2 Å². The normalized spacial score (nSPS) is 15.0. The van der Waals surface area contributed by atoms with Gasteiger partial charge in [-0.2, -0.15) is 0 Å². The van der Waals surface area contributed by atoms with Gasteiger partial charge >= 0.3 is 0 Å². The minimum Gasteiger partial charge on any atom is -0.351 e. The van der Waals surface area contributed by atoms with Crippen LogP contribution in [0, 0.1) is 4.77 Å². The van der Waals surface area contributed by atoms with Crippen molar-refractivity contribution in [2.75, 3.05) is 6.54 Å². The topological polar surface area (TPSA) is 66.9 Å². The quantitative estimate of drug-likeness (QED) is 0.699. The van der Waals surface area contributed by atoms with Gasteiger partial charge in [0.2, 0.25) is 0 Å². The maximum atomic E-state index is 12.6. The monoisotopic (exact) mass is 365 g/mol. The lowest BCUT2D eigenvalue weighted by Gasteiger charge is -2.16. The molecule has 0 unspecified atom stereocenters. The van der Waals surface area contributed by atoms with Crippen molar-refractivity contribution >= 4 is 29.0 Å². The number of aromatic amines is 1. The minimum absolute atomic E-state index is 0.0591. The van der Waals surface area contributed by atoms with E-state index in [4.69, 9.17) is 12.2 Å². The van der Waals surface area contributed by atoms with Crippen LogP contribution in [0.25, 0.3) is 10.9 Å². The molecule has 1 aliphatic rings. The fourth-order valence-corrected chi connectivity index (χ4v) is 3.50. The highest BCUT2D eigenvalue weighted by atomic mass is 32.1. The molecule has 0 saturated heterocycles. The van der Waals surface area contributed by atoms with Crippen molar-refractivity contribution in [3.05, 3.63) is 74.8 Å². The number of hydrogen-bond acceptors (Lipinski definition) is 3. The standard InChI is InChI=1S/C20H19N3O2S/c1-23-18(25)15-8-7-13(11-16(15)22-19(23)26)17(24)21-12-20(9-10-20)14-5-3-2-4-6-14/h2-8,11H,9-10,12H2,1H3,(H,21,24)(H,22,26). The van der Waals surface area contributed by atoms with Crippen molar-refractivity contribution in [2.45, 2.75) is 18.3 Å². The molecule has 1 aliphatic carbocycles. The second kappa shape index (κ2) is 6.21. The van der Waals surface area contributed by atoms with Crippen LogP contribution in [0.3, 0.4) is 0 Å². The number of hydrogen-bond donors (Lipinski definition) is 2. The Bertz CT molecular complexity index is 1110. The predicted molar refractivity (Wildman–Crippen MR) is 104 cm³/mol. The molecule has 1 heterocycles. The van der Waals surface area contributed by atoms with Gasteiger partial charge in [0.25, 0.3) is 11.5 Å². The molecular weight excluding hydrogens is 346 g/mol. The lowest BCUT2D eigenvalue weighted by Crippen LogP contribution is -2.32. The zero-order valence-electron chi connectivity index (χ0n) is 14.4. The molecule has 0 aliphatic heterocycles. The summed E-state index contributed by atoms with van der Waals surface area (Å²) in [7, 11) is 1.62. The largest absolute Gasteiger partial charge is 0.351 e. The van der Waals surface area contributed by atoms with Crippen LogP contribution in [0.2, 0.25) is 0 Å². The first-order valence-corrected chi connectivity index (χ1v) is 8.98. The lowest BCUT2D eigenvalue weighted by molar-refractivity contribution is 0.0950. The summed E-state index contributed by atoms with van der Waals surface area (Å²) in [5, 5.41) is 3.56. The number of amides is 1. The Morgan fingerprint density at radius 2 is 1.96 bits per heavy atom. The summed E-state index contributed by atoms with van der Waals surface area (Å²) in [6.45, 7) is 0.612. The van der Waals surface area contributed by atoms with Crippen molar-refractivity contribution in [2.24, 2.45) is 7.05 Å². The maximum absolute atomic E-state index is 12.6. The molecule has 6 heteroatoms. The highest BCUT2D eigenvalue weighted by Crippen LogP contribution is 2.47. The molecule has 0 spiro atoms. The molecular formula is C20H19N3O2S. The van der Waals surface area contributed by atoms with E-state index in [9.17, 15) is 9.59 Å². The first kappa shape index (κ1) is 16.7. The maximum Gasteiger partial charge on any atom is 0.261 e. The summed E-state index contributed by atoms with van der Waals surface area (Å²) < 4.78 is 1.72. The van der Waals surface area contributed by atoms with Gasteiger partial charge < -0.3 is 10.3 Å². The smallest absolute Gasteiger partial charge is 0.261 e. The van der Waals surface area contributed by atoms with Crippen molar-refractivity contribution < 1.29 is 4.79 Å². The van der Waals surface area contributed by atoms with E-state index in [2.05, 4.69) is 22.4 Å². The molecule has 2 N–H and O–H groups in total. The van der Waals surface area contributed by atoms with Crippen molar-refractivity contribution in [3.63, 3.8) is 0 Å². The van der Waals surface area contributed by atoms with Gasteiger partial charge in [-0.05, 0) is 48.8 Å². The Morgan fingerprint density at radius 1 is 1.23 bits per heavy atom. The average Bonchev–Trinajstić information content (AvgIpc) is 3.46. The SMILES string of the molecule is Cn1c(=S)[nH]c2cc(C(=O)NCC3(c4ccccc4)CC3)ccc2c1=O. The van der Waals surface area contributed by atoms with Crippen LogP contribution < -0.4 is 10.9 Å². The van der Waals surface area contributed by atoms with E-state index in [0.717, 1.165) is 12.8 Å². The lowest BCUT2D eigenvalue weighted by atomic mass is 9.96. The Kier molecular flexibility index (Phi) is 4.00. The molecule has 26 heavy (non-hydrogen) atoms. The summed E-state index contributed by atoms with van der Waals surface area (Å²) in [6.07, 6.45) is 2.16. The number of aromatic nitrogens is 2. The Balaban J connectivity index is 1.56. The van der Waals surface area contributed by atoms with Crippen LogP contribution in [0.15, 0.2) is 53.3 Å². The van der Waals surface area contributed by atoms with Crippen LogP contribution in [0.1, 0.15) is 28.8 Å². The van der Waals surface area contributed by atoms with E-state index in [1.807, 2.05) is 18.2 Å². The van der Waals surface area contributed by atoms with Crippen LogP contribution in [0.5, 0.6) is 0 Å². The van der Waals surface area contributed by atoms with Crippen molar-refractivity contribution in [1.29, 1.82) is 0 Å². The van der Waals surface area contributed by atoms with E-state index < -0.39 is 0 Å². The molecule has 1 aromatic heterocycles. The molecule has 2 aromatic carbocycles. The molecule has 0 atom stereocenters. The molecule has 5 nitrogen and oxygen atoms in total. The third kappa shape index (κ3) is 2.86. The van der Waals surface area contributed by atoms with E-state index >= 15 is 0 Å². The van der Waals surface area contributed by atoms with Gasteiger partial charge in [-0.15, -0.1) is 0 Å². The molecule has 1 fully saturated rings. The number of nitrogens with one attached hydrogen (secondary N) is 2. The van der Waals surface area contributed by atoms with Gasteiger partial charge in [0.1, 0.15) is 0 Å². The van der Waals surface area contributed by atoms with Crippen LogP contribution in [-0.4, -0.2) is 22.0 Å². The number of carbonyl (C=O) groups is 1. The minimum atomic E-state index is -0.170. The molecule has 4 rings (SSSR count). The Morgan fingerprint density at radius 3 is 2.65 bits per heavy atom. The zero-order valence-corrected chi connectivity index (χ0v) is 15.2. The van der Waals surface area contributed by atoms with E-state index in [-0.39, 0.29) is 16.9 Å². The van der Waals surface area contributed by atoms with Gasteiger partial charge in [-0.3, -0.25) is 14.2 Å². The highest BCUT2D eigenvalue weighted by Gasteiger charge is 2.44. The summed E-state index contributed by atoms with van der Waals surface area (Å²) in [5.41, 5.74) is 2.25. The number of nitrogens with zero attached hydrogens (tertiary/aromatic N) is 1. The van der Waals surface area contributed by atoms with Gasteiger partial charge in [0.15, 0.2) is 4.77 Å². The zero-order chi connectivity index (χ0) is 18.3. The summed E-state index contributed by atoms with van der Waals surface area (Å²) in [5.74, 6) is -0.144. The number of fused-ring (bicyclic) bond motifs is 1. The second-order valence-electron chi connectivity index (χ2n) is 6.88. The molecule has 0 radical (unpaired) electrons. The molecule has 0 bridgehead atoms. The summed E-state index contributed by atoms with van der Waals surface area (Å²) >= 11 is 5.15. The number of benzene rings is 2. The van der Waals surface area contributed by atoms with Crippen molar-refractivity contribution in [3.8, 4) is 0 Å². The molecule has 1 amide bonds. The van der Waals surface area contributed by atoms with Crippen LogP contribution >= 0.6 is 12.2 Å². The molecule has 1 saturated carbocycles. The first-order valence-electron chi connectivity index (χ1n) is 8.57. The Hall–Kier alpha value is -2.73. The average molecular weight is 365 g/mol. The summed E-state index contributed by atoms with van der Waals surface area (Å²) in [6, 6.07) is 15.3. The van der Waals surface area contributed by atoms with Gasteiger partial charge in [0, 0.05) is 24.6 Å². The molecule has 132 valence electrons. The van der Waals surface area contributed by atoms with E-state index in [0.29, 0.717) is 27.8 Å². The van der Waals surface area contributed by atoms with Crippen LogP contribution in [0.4, 0.5) is 0 Å². The van der Waals surface area contributed by atoms with E-state index in [1.165, 1.54) is 10.1 Å². The predicted octanol–water partition coefficient (Wildman–Crippen LogP) is 3.06. The first-order chi connectivity index (χ1) is 12.5. The van der Waals surface area contributed by atoms with Gasteiger partial charge in [-0.1, -0.05) is 30.3 Å². The highest BCUT2D eigenvalue weighted by molar-refractivity contribution is 7.71. The molecule has 3 aromatic rings.